The molecule has 0 bridgehead atoms. The molecule has 0 N–H and O–H groups in total. The molecule has 1 atom stereocenters. The molecule has 1 aliphatic rings. The van der Waals surface area contributed by atoms with Gasteiger partial charge in [0.05, 0.1) is 23.6 Å². The minimum absolute atomic E-state index is 0.0178. The highest BCUT2D eigenvalue weighted by Crippen LogP contribution is 2.41. The van der Waals surface area contributed by atoms with Crippen molar-refractivity contribution in [2.75, 3.05) is 11.5 Å². The summed E-state index contributed by atoms with van der Waals surface area (Å²) in [6.45, 7) is 6.72. The van der Waals surface area contributed by atoms with Gasteiger partial charge in [0.2, 0.25) is 5.76 Å². The summed E-state index contributed by atoms with van der Waals surface area (Å²) in [4.78, 5) is 33.5. The summed E-state index contributed by atoms with van der Waals surface area (Å²) in [6.07, 6.45) is 0.921. The molecule has 35 heavy (non-hydrogen) atoms. The summed E-state index contributed by atoms with van der Waals surface area (Å²) in [6, 6.07) is 17.0. The summed E-state index contributed by atoms with van der Waals surface area (Å²) >= 11 is 6.17. The van der Waals surface area contributed by atoms with Gasteiger partial charge in [-0.2, -0.15) is 0 Å². The number of rotatable bonds is 6. The van der Waals surface area contributed by atoms with Crippen molar-refractivity contribution in [1.29, 1.82) is 0 Å². The minimum Gasteiger partial charge on any atom is -0.494 e. The third-order valence-electron chi connectivity index (χ3n) is 6.09. The maximum Gasteiger partial charge on any atom is 0.296 e. The number of hydrogen-bond acceptors (Lipinski definition) is 5. The molecule has 1 aliphatic heterocycles. The van der Waals surface area contributed by atoms with Gasteiger partial charge in [0, 0.05) is 10.7 Å². The van der Waals surface area contributed by atoms with Crippen molar-refractivity contribution in [3.05, 3.63) is 98.5 Å². The number of aryl methyl sites for hydroxylation is 1. The molecule has 7 heteroatoms. The molecule has 0 saturated heterocycles. The van der Waals surface area contributed by atoms with Crippen LogP contribution in [0.2, 0.25) is 5.02 Å². The molecule has 178 valence electrons. The van der Waals surface area contributed by atoms with Gasteiger partial charge in [0.15, 0.2) is 5.43 Å². The summed E-state index contributed by atoms with van der Waals surface area (Å²) < 4.78 is 12.0. The van der Waals surface area contributed by atoms with Crippen molar-refractivity contribution in [1.82, 2.24) is 4.98 Å². The van der Waals surface area contributed by atoms with E-state index < -0.39 is 11.9 Å². The number of ether oxygens (including phenoxy) is 1. The van der Waals surface area contributed by atoms with E-state index in [1.165, 1.54) is 4.90 Å². The first kappa shape index (κ1) is 23.1. The second-order valence-corrected chi connectivity index (χ2v) is 9.57. The lowest BCUT2D eigenvalue weighted by atomic mass is 9.98. The number of hydrogen-bond donors (Lipinski definition) is 0. The van der Waals surface area contributed by atoms with E-state index in [0.717, 1.165) is 17.7 Å². The lowest BCUT2D eigenvalue weighted by Gasteiger charge is -2.25. The molecule has 0 saturated carbocycles. The summed E-state index contributed by atoms with van der Waals surface area (Å²) in [5.74, 6) is 1.24. The van der Waals surface area contributed by atoms with Crippen molar-refractivity contribution in [3.8, 4) is 5.75 Å². The van der Waals surface area contributed by atoms with E-state index in [1.54, 1.807) is 24.3 Å². The standard InChI is InChI=1S/C28H25ClN2O4/c1-16(2)12-13-34-20-8-5-7-18(14-20)25-24-26(32)21-15-19(29)10-11-22(21)35-27(24)28(33)31(25)23-9-4-6-17(3)30-23/h4-11,14-16,25H,12-13H2,1-3H3/t25-/m1/s1. The van der Waals surface area contributed by atoms with Crippen molar-refractivity contribution in [3.63, 3.8) is 0 Å². The molecular weight excluding hydrogens is 464 g/mol. The van der Waals surface area contributed by atoms with Crippen LogP contribution in [0.1, 0.15) is 53.7 Å². The van der Waals surface area contributed by atoms with Crippen LogP contribution in [-0.2, 0) is 0 Å². The molecular formula is C28H25ClN2O4. The SMILES string of the molecule is Cc1cccc(N2C(=O)c3oc4ccc(Cl)cc4c(=O)c3[C@H]2c2cccc(OCCC(C)C)c2)n1. The van der Waals surface area contributed by atoms with Crippen LogP contribution < -0.4 is 15.1 Å². The Morgan fingerprint density at radius 3 is 2.66 bits per heavy atom. The van der Waals surface area contributed by atoms with E-state index in [0.29, 0.717) is 40.1 Å². The third-order valence-corrected chi connectivity index (χ3v) is 6.33. The Bertz CT molecular complexity index is 1490. The number of nitrogens with zero attached hydrogens (tertiary/aromatic N) is 2. The molecule has 2 aromatic carbocycles. The average Bonchev–Trinajstić information content (AvgIpc) is 3.12. The van der Waals surface area contributed by atoms with Gasteiger partial charge in [-0.25, -0.2) is 4.98 Å². The third kappa shape index (κ3) is 4.30. The number of carbonyl (C=O) groups is 1. The molecule has 6 nitrogen and oxygen atoms in total. The number of carbonyl (C=O) groups excluding carboxylic acids is 1. The first-order valence-electron chi connectivity index (χ1n) is 11.6. The van der Waals surface area contributed by atoms with Crippen LogP contribution in [0.4, 0.5) is 5.82 Å². The normalized spacial score (nSPS) is 15.2. The van der Waals surface area contributed by atoms with E-state index in [1.807, 2.05) is 43.3 Å². The van der Waals surface area contributed by atoms with Gasteiger partial charge in [-0.05, 0) is 67.3 Å². The highest BCUT2D eigenvalue weighted by molar-refractivity contribution is 6.31. The minimum atomic E-state index is -0.722. The van der Waals surface area contributed by atoms with Gasteiger partial charge in [0.1, 0.15) is 17.2 Å². The van der Waals surface area contributed by atoms with Crippen LogP contribution in [-0.4, -0.2) is 17.5 Å². The van der Waals surface area contributed by atoms with E-state index in [4.69, 9.17) is 20.8 Å². The number of halogens is 1. The first-order chi connectivity index (χ1) is 16.8. The first-order valence-corrected chi connectivity index (χ1v) is 12.0. The smallest absolute Gasteiger partial charge is 0.296 e. The zero-order valence-corrected chi connectivity index (χ0v) is 20.5. The monoisotopic (exact) mass is 488 g/mol. The number of pyridine rings is 1. The molecule has 0 radical (unpaired) electrons. The van der Waals surface area contributed by atoms with Crippen LogP contribution in [0.15, 0.2) is 69.9 Å². The fourth-order valence-corrected chi connectivity index (χ4v) is 4.52. The molecule has 5 rings (SSSR count). The summed E-state index contributed by atoms with van der Waals surface area (Å²) in [5, 5.41) is 0.751. The van der Waals surface area contributed by atoms with Crippen LogP contribution in [0.3, 0.4) is 0 Å². The van der Waals surface area contributed by atoms with Crippen LogP contribution in [0.5, 0.6) is 5.75 Å². The number of aromatic nitrogens is 1. The highest BCUT2D eigenvalue weighted by atomic mass is 35.5. The topological polar surface area (TPSA) is 72.6 Å². The molecule has 0 unspecified atom stereocenters. The largest absolute Gasteiger partial charge is 0.494 e. The molecule has 3 heterocycles. The highest BCUT2D eigenvalue weighted by Gasteiger charge is 2.44. The number of anilines is 1. The Kier molecular flexibility index (Phi) is 6.07. The fraction of sp³-hybridized carbons (Fsp3) is 0.250. The van der Waals surface area contributed by atoms with Gasteiger partial charge in [-0.15, -0.1) is 0 Å². The molecule has 0 aliphatic carbocycles. The van der Waals surface area contributed by atoms with Crippen molar-refractivity contribution >= 4 is 34.3 Å². The summed E-state index contributed by atoms with van der Waals surface area (Å²) in [5.41, 5.74) is 1.79. The molecule has 0 spiro atoms. The second kappa shape index (κ2) is 9.19. The molecule has 1 amide bonds. The van der Waals surface area contributed by atoms with Gasteiger partial charge >= 0.3 is 0 Å². The van der Waals surface area contributed by atoms with Crippen molar-refractivity contribution in [2.24, 2.45) is 5.92 Å². The van der Waals surface area contributed by atoms with E-state index in [9.17, 15) is 9.59 Å². The lowest BCUT2D eigenvalue weighted by molar-refractivity contribution is 0.0970. The maximum atomic E-state index is 13.7. The Balaban J connectivity index is 1.69. The molecule has 2 aromatic heterocycles. The quantitative estimate of drug-likeness (QED) is 0.317. The Morgan fingerprint density at radius 1 is 1.09 bits per heavy atom. The predicted molar refractivity (Wildman–Crippen MR) is 137 cm³/mol. The van der Waals surface area contributed by atoms with Crippen molar-refractivity contribution in [2.45, 2.75) is 33.2 Å². The number of benzene rings is 2. The van der Waals surface area contributed by atoms with Crippen LogP contribution in [0.25, 0.3) is 11.0 Å². The van der Waals surface area contributed by atoms with Crippen molar-refractivity contribution < 1.29 is 13.9 Å². The van der Waals surface area contributed by atoms with Crippen LogP contribution >= 0.6 is 11.6 Å². The van der Waals surface area contributed by atoms with Gasteiger partial charge < -0.3 is 9.15 Å². The zero-order chi connectivity index (χ0) is 24.7. The average molecular weight is 489 g/mol. The number of fused-ring (bicyclic) bond motifs is 2. The Morgan fingerprint density at radius 2 is 1.89 bits per heavy atom. The van der Waals surface area contributed by atoms with Gasteiger partial charge in [-0.1, -0.05) is 43.6 Å². The molecule has 0 fully saturated rings. The van der Waals surface area contributed by atoms with Gasteiger partial charge in [0.25, 0.3) is 5.91 Å². The maximum absolute atomic E-state index is 13.7. The Labute approximate surface area is 208 Å². The summed E-state index contributed by atoms with van der Waals surface area (Å²) in [7, 11) is 0. The van der Waals surface area contributed by atoms with Gasteiger partial charge in [-0.3, -0.25) is 14.5 Å². The lowest BCUT2D eigenvalue weighted by Crippen LogP contribution is -2.30. The van der Waals surface area contributed by atoms with Crippen LogP contribution in [0, 0.1) is 12.8 Å². The van der Waals surface area contributed by atoms with E-state index in [-0.39, 0.29) is 16.8 Å². The second-order valence-electron chi connectivity index (χ2n) is 9.13. The predicted octanol–water partition coefficient (Wildman–Crippen LogP) is 6.32. The van der Waals surface area contributed by atoms with E-state index in [2.05, 4.69) is 18.8 Å². The number of amides is 1. The Hall–Kier alpha value is -3.64. The zero-order valence-electron chi connectivity index (χ0n) is 19.7. The molecule has 4 aromatic rings. The fourth-order valence-electron chi connectivity index (χ4n) is 4.35. The van der Waals surface area contributed by atoms with E-state index >= 15 is 0 Å².